The number of nitrogens with one attached hydrogen (secondary N) is 1. The molecule has 0 radical (unpaired) electrons. The number of guanidine groups is 1. The molecule has 2 aromatic rings. The summed E-state index contributed by atoms with van der Waals surface area (Å²) in [5, 5.41) is 3.45. The van der Waals surface area contributed by atoms with E-state index in [2.05, 4.69) is 10.2 Å². The van der Waals surface area contributed by atoms with Crippen molar-refractivity contribution in [3.8, 4) is 5.75 Å². The molecule has 27 heavy (non-hydrogen) atoms. The van der Waals surface area contributed by atoms with Gasteiger partial charge in [0.2, 0.25) is 0 Å². The maximum atomic E-state index is 5.81. The fraction of sp³-hybridized carbons (Fsp3) is 0.476. The molecule has 0 bridgehead atoms. The van der Waals surface area contributed by atoms with Crippen molar-refractivity contribution in [1.82, 2.24) is 10.2 Å². The molecule has 1 N–H and O–H groups in total. The van der Waals surface area contributed by atoms with Crippen LogP contribution in [0.1, 0.15) is 12.2 Å². The highest BCUT2D eigenvalue weighted by Gasteiger charge is 2.16. The fourth-order valence-electron chi connectivity index (χ4n) is 2.93. The van der Waals surface area contributed by atoms with Crippen LogP contribution in [0.2, 0.25) is 0 Å². The Balaban J connectivity index is 1.49. The lowest BCUT2D eigenvalue weighted by Crippen LogP contribution is -2.42. The summed E-state index contributed by atoms with van der Waals surface area (Å²) in [5.41, 5.74) is 0. The van der Waals surface area contributed by atoms with Crippen LogP contribution in [0.4, 0.5) is 0 Å². The van der Waals surface area contributed by atoms with E-state index in [1.54, 1.807) is 6.26 Å². The van der Waals surface area contributed by atoms with E-state index in [-0.39, 0.29) is 0 Å². The lowest BCUT2D eigenvalue weighted by atomic mass is 10.1. The van der Waals surface area contributed by atoms with Gasteiger partial charge in [0, 0.05) is 39.1 Å². The highest BCUT2D eigenvalue weighted by Crippen LogP contribution is 2.12. The SMILES string of the molecule is CN(CCOc1ccccc1)C(=NCC1CCOC1)NCCc1ccco1. The summed E-state index contributed by atoms with van der Waals surface area (Å²) in [6.07, 6.45) is 3.62. The van der Waals surface area contributed by atoms with Crippen molar-refractivity contribution in [2.75, 3.05) is 46.5 Å². The van der Waals surface area contributed by atoms with Crippen LogP contribution in [0, 0.1) is 5.92 Å². The van der Waals surface area contributed by atoms with Crippen LogP contribution in [0.3, 0.4) is 0 Å². The van der Waals surface area contributed by atoms with Crippen molar-refractivity contribution in [2.45, 2.75) is 12.8 Å². The van der Waals surface area contributed by atoms with Crippen molar-refractivity contribution >= 4 is 5.96 Å². The summed E-state index contributed by atoms with van der Waals surface area (Å²) < 4.78 is 16.7. The zero-order chi connectivity index (χ0) is 18.7. The van der Waals surface area contributed by atoms with Gasteiger partial charge < -0.3 is 24.1 Å². The standard InChI is InChI=1S/C21H29N3O3/c1-24(12-15-27-19-6-3-2-4-7-19)21(23-16-18-10-14-25-17-18)22-11-9-20-8-5-13-26-20/h2-8,13,18H,9-12,14-17H2,1H3,(H,22,23). The van der Waals surface area contributed by atoms with Gasteiger partial charge in [0.15, 0.2) is 5.96 Å². The van der Waals surface area contributed by atoms with Gasteiger partial charge in [-0.05, 0) is 30.7 Å². The summed E-state index contributed by atoms with van der Waals surface area (Å²) in [6.45, 7) is 4.57. The average Bonchev–Trinajstić information content (AvgIpc) is 3.39. The van der Waals surface area contributed by atoms with Gasteiger partial charge in [-0.1, -0.05) is 18.2 Å². The molecule has 1 atom stereocenters. The quantitative estimate of drug-likeness (QED) is 0.543. The number of para-hydroxylation sites is 1. The van der Waals surface area contributed by atoms with Crippen LogP contribution in [0.25, 0.3) is 0 Å². The lowest BCUT2D eigenvalue weighted by Gasteiger charge is -2.23. The smallest absolute Gasteiger partial charge is 0.193 e. The van der Waals surface area contributed by atoms with E-state index in [4.69, 9.17) is 18.9 Å². The molecule has 1 saturated heterocycles. The summed E-state index contributed by atoms with van der Waals surface area (Å²) in [6, 6.07) is 13.8. The second-order valence-electron chi connectivity index (χ2n) is 6.73. The minimum Gasteiger partial charge on any atom is -0.492 e. The maximum Gasteiger partial charge on any atom is 0.193 e. The molecular weight excluding hydrogens is 342 g/mol. The second-order valence-corrected chi connectivity index (χ2v) is 6.73. The van der Waals surface area contributed by atoms with E-state index < -0.39 is 0 Å². The highest BCUT2D eigenvalue weighted by atomic mass is 16.5. The fourth-order valence-corrected chi connectivity index (χ4v) is 2.93. The third-order valence-electron chi connectivity index (χ3n) is 4.56. The van der Waals surface area contributed by atoms with E-state index in [1.807, 2.05) is 49.5 Å². The molecule has 0 saturated carbocycles. The Bertz CT molecular complexity index is 667. The van der Waals surface area contributed by atoms with Gasteiger partial charge in [-0.15, -0.1) is 0 Å². The molecule has 1 fully saturated rings. The molecule has 146 valence electrons. The van der Waals surface area contributed by atoms with Crippen molar-refractivity contribution in [3.05, 3.63) is 54.5 Å². The molecule has 3 rings (SSSR count). The van der Waals surface area contributed by atoms with Crippen molar-refractivity contribution in [1.29, 1.82) is 0 Å². The molecule has 1 aromatic heterocycles. The van der Waals surface area contributed by atoms with E-state index in [0.717, 1.165) is 63.2 Å². The minimum atomic E-state index is 0.515. The molecule has 1 aliphatic rings. The van der Waals surface area contributed by atoms with Gasteiger partial charge >= 0.3 is 0 Å². The Morgan fingerprint density at radius 1 is 1.26 bits per heavy atom. The van der Waals surface area contributed by atoms with Gasteiger partial charge in [0.05, 0.1) is 19.4 Å². The first kappa shape index (κ1) is 19.3. The highest BCUT2D eigenvalue weighted by molar-refractivity contribution is 5.79. The minimum absolute atomic E-state index is 0.515. The van der Waals surface area contributed by atoms with Crippen LogP contribution in [0.15, 0.2) is 58.1 Å². The number of aliphatic imine (C=N–C) groups is 1. The Morgan fingerprint density at radius 2 is 2.15 bits per heavy atom. The van der Waals surface area contributed by atoms with Gasteiger partial charge in [0.1, 0.15) is 18.1 Å². The number of ether oxygens (including phenoxy) is 2. The van der Waals surface area contributed by atoms with E-state index in [0.29, 0.717) is 12.5 Å². The molecule has 6 nitrogen and oxygen atoms in total. The zero-order valence-corrected chi connectivity index (χ0v) is 16.0. The lowest BCUT2D eigenvalue weighted by molar-refractivity contribution is 0.187. The molecule has 0 spiro atoms. The molecular formula is C21H29N3O3. The molecule has 2 heterocycles. The van der Waals surface area contributed by atoms with Gasteiger partial charge in [-0.25, -0.2) is 0 Å². The largest absolute Gasteiger partial charge is 0.492 e. The van der Waals surface area contributed by atoms with Crippen LogP contribution >= 0.6 is 0 Å². The molecule has 1 aromatic carbocycles. The Kier molecular flexibility index (Phi) is 7.59. The maximum absolute atomic E-state index is 5.81. The average molecular weight is 371 g/mol. The van der Waals surface area contributed by atoms with Crippen molar-refractivity contribution < 1.29 is 13.9 Å². The third kappa shape index (κ3) is 6.64. The molecule has 6 heteroatoms. The monoisotopic (exact) mass is 371 g/mol. The van der Waals surface area contributed by atoms with Crippen LogP contribution in [0.5, 0.6) is 5.75 Å². The first-order chi connectivity index (χ1) is 13.3. The number of hydrogen-bond donors (Lipinski definition) is 1. The predicted octanol–water partition coefficient (Wildman–Crippen LogP) is 2.82. The first-order valence-corrected chi connectivity index (χ1v) is 9.58. The van der Waals surface area contributed by atoms with Crippen molar-refractivity contribution in [3.63, 3.8) is 0 Å². The van der Waals surface area contributed by atoms with Crippen molar-refractivity contribution in [2.24, 2.45) is 10.9 Å². The summed E-state index contributed by atoms with van der Waals surface area (Å²) in [7, 11) is 2.04. The number of hydrogen-bond acceptors (Lipinski definition) is 4. The zero-order valence-electron chi connectivity index (χ0n) is 16.0. The number of likely N-dealkylation sites (N-methyl/N-ethyl adjacent to an activating group) is 1. The third-order valence-corrected chi connectivity index (χ3v) is 4.56. The van der Waals surface area contributed by atoms with Gasteiger partial charge in [0.25, 0.3) is 0 Å². The van der Waals surface area contributed by atoms with E-state index in [1.165, 1.54) is 0 Å². The van der Waals surface area contributed by atoms with E-state index in [9.17, 15) is 0 Å². The van der Waals surface area contributed by atoms with Crippen LogP contribution in [-0.2, 0) is 11.2 Å². The summed E-state index contributed by atoms with van der Waals surface area (Å²) >= 11 is 0. The number of rotatable bonds is 9. The summed E-state index contributed by atoms with van der Waals surface area (Å²) in [4.78, 5) is 6.93. The Hall–Kier alpha value is -2.47. The van der Waals surface area contributed by atoms with Crippen LogP contribution in [-0.4, -0.2) is 57.4 Å². The second kappa shape index (κ2) is 10.6. The van der Waals surface area contributed by atoms with E-state index >= 15 is 0 Å². The molecule has 1 unspecified atom stereocenters. The Labute approximate surface area is 161 Å². The predicted molar refractivity (Wildman–Crippen MR) is 106 cm³/mol. The molecule has 1 aliphatic heterocycles. The Morgan fingerprint density at radius 3 is 2.89 bits per heavy atom. The molecule has 0 amide bonds. The first-order valence-electron chi connectivity index (χ1n) is 9.58. The van der Waals surface area contributed by atoms with Crippen LogP contribution < -0.4 is 10.1 Å². The number of nitrogens with zero attached hydrogens (tertiary/aromatic N) is 2. The summed E-state index contributed by atoms with van der Waals surface area (Å²) in [5.74, 6) is 3.27. The topological polar surface area (TPSA) is 59.2 Å². The van der Waals surface area contributed by atoms with Gasteiger partial charge in [-0.2, -0.15) is 0 Å². The van der Waals surface area contributed by atoms with Gasteiger partial charge in [-0.3, -0.25) is 4.99 Å². The number of benzene rings is 1. The normalized spacial score (nSPS) is 17.1. The number of furan rings is 1. The molecule has 0 aliphatic carbocycles.